The van der Waals surface area contributed by atoms with Gasteiger partial charge in [0.1, 0.15) is 12.4 Å². The van der Waals surface area contributed by atoms with Crippen LogP contribution < -0.4 is 15.4 Å². The van der Waals surface area contributed by atoms with Crippen molar-refractivity contribution >= 4 is 5.96 Å². The van der Waals surface area contributed by atoms with Gasteiger partial charge in [-0.1, -0.05) is 19.1 Å². The Morgan fingerprint density at radius 2 is 2.08 bits per heavy atom. The van der Waals surface area contributed by atoms with Gasteiger partial charge in [-0.05, 0) is 43.5 Å². The van der Waals surface area contributed by atoms with E-state index in [2.05, 4.69) is 39.6 Å². The van der Waals surface area contributed by atoms with Crippen LogP contribution in [0, 0.1) is 0 Å². The SMILES string of the molecule is CCCN1CCC(NC(=NC)NCc2cccc(OCCOC)c2)CC1. The Labute approximate surface area is 158 Å². The summed E-state index contributed by atoms with van der Waals surface area (Å²) >= 11 is 0. The summed E-state index contributed by atoms with van der Waals surface area (Å²) < 4.78 is 10.7. The Hall–Kier alpha value is -1.79. The highest BCUT2D eigenvalue weighted by Gasteiger charge is 2.19. The quantitative estimate of drug-likeness (QED) is 0.401. The van der Waals surface area contributed by atoms with E-state index < -0.39 is 0 Å². The van der Waals surface area contributed by atoms with Crippen LogP contribution in [-0.4, -0.2) is 63.9 Å². The van der Waals surface area contributed by atoms with Crippen molar-refractivity contribution in [1.82, 2.24) is 15.5 Å². The summed E-state index contributed by atoms with van der Waals surface area (Å²) in [6.07, 6.45) is 3.57. The number of benzene rings is 1. The fourth-order valence-electron chi connectivity index (χ4n) is 3.18. The zero-order chi connectivity index (χ0) is 18.6. The summed E-state index contributed by atoms with van der Waals surface area (Å²) in [5.41, 5.74) is 1.17. The first-order valence-corrected chi connectivity index (χ1v) is 9.65. The molecular formula is C20H34N4O2. The van der Waals surface area contributed by atoms with E-state index in [1.165, 1.54) is 44.5 Å². The van der Waals surface area contributed by atoms with Gasteiger partial charge in [0.25, 0.3) is 0 Å². The van der Waals surface area contributed by atoms with Crippen molar-refractivity contribution in [3.8, 4) is 5.75 Å². The van der Waals surface area contributed by atoms with Crippen molar-refractivity contribution in [1.29, 1.82) is 0 Å². The van der Waals surface area contributed by atoms with Crippen LogP contribution in [0.4, 0.5) is 0 Å². The smallest absolute Gasteiger partial charge is 0.191 e. The molecular weight excluding hydrogens is 328 g/mol. The van der Waals surface area contributed by atoms with Crippen molar-refractivity contribution < 1.29 is 9.47 Å². The lowest BCUT2D eigenvalue weighted by atomic mass is 10.1. The van der Waals surface area contributed by atoms with Crippen LogP contribution in [0.2, 0.25) is 0 Å². The standard InChI is InChI=1S/C20H34N4O2/c1-4-10-24-11-8-18(9-12-24)23-20(21-2)22-16-17-6-5-7-19(15-17)26-14-13-25-3/h5-7,15,18H,4,8-14,16H2,1-3H3,(H2,21,22,23). The summed E-state index contributed by atoms with van der Waals surface area (Å²) in [7, 11) is 3.50. The summed E-state index contributed by atoms with van der Waals surface area (Å²) in [5, 5.41) is 6.97. The second kappa shape index (κ2) is 11.8. The van der Waals surface area contributed by atoms with Crippen LogP contribution in [0.1, 0.15) is 31.7 Å². The molecule has 1 aromatic rings. The van der Waals surface area contributed by atoms with Gasteiger partial charge in [0.15, 0.2) is 5.96 Å². The highest BCUT2D eigenvalue weighted by atomic mass is 16.5. The number of nitrogens with zero attached hydrogens (tertiary/aromatic N) is 2. The van der Waals surface area contributed by atoms with Crippen LogP contribution in [-0.2, 0) is 11.3 Å². The lowest BCUT2D eigenvalue weighted by Crippen LogP contribution is -2.48. The lowest BCUT2D eigenvalue weighted by molar-refractivity contribution is 0.146. The monoisotopic (exact) mass is 362 g/mol. The molecule has 0 spiro atoms. The molecule has 6 nitrogen and oxygen atoms in total. The topological polar surface area (TPSA) is 58.1 Å². The Morgan fingerprint density at radius 3 is 2.77 bits per heavy atom. The fourth-order valence-corrected chi connectivity index (χ4v) is 3.18. The zero-order valence-corrected chi connectivity index (χ0v) is 16.5. The second-order valence-electron chi connectivity index (χ2n) is 6.67. The number of nitrogens with one attached hydrogen (secondary N) is 2. The van der Waals surface area contributed by atoms with E-state index in [-0.39, 0.29) is 0 Å². The Kier molecular flexibility index (Phi) is 9.28. The van der Waals surface area contributed by atoms with Crippen molar-refractivity contribution in [3.05, 3.63) is 29.8 Å². The maximum Gasteiger partial charge on any atom is 0.191 e. The van der Waals surface area contributed by atoms with E-state index in [1.54, 1.807) is 7.11 Å². The summed E-state index contributed by atoms with van der Waals surface area (Å²) in [5.74, 6) is 1.73. The van der Waals surface area contributed by atoms with E-state index in [9.17, 15) is 0 Å². The van der Waals surface area contributed by atoms with Gasteiger partial charge in [-0.25, -0.2) is 0 Å². The third-order valence-electron chi connectivity index (χ3n) is 4.61. The maximum atomic E-state index is 5.67. The van der Waals surface area contributed by atoms with Gasteiger partial charge in [0.2, 0.25) is 0 Å². The molecule has 0 bridgehead atoms. The summed E-state index contributed by atoms with van der Waals surface area (Å²) in [6, 6.07) is 8.62. The molecule has 1 aromatic carbocycles. The molecule has 1 aliphatic heterocycles. The third-order valence-corrected chi connectivity index (χ3v) is 4.61. The van der Waals surface area contributed by atoms with E-state index in [4.69, 9.17) is 9.47 Å². The van der Waals surface area contributed by atoms with Gasteiger partial charge in [-0.3, -0.25) is 4.99 Å². The number of rotatable bonds is 9. The predicted molar refractivity (Wildman–Crippen MR) is 107 cm³/mol. The number of guanidine groups is 1. The molecule has 0 unspecified atom stereocenters. The average molecular weight is 363 g/mol. The molecule has 1 aliphatic rings. The van der Waals surface area contributed by atoms with Gasteiger partial charge in [0.05, 0.1) is 6.61 Å². The minimum atomic E-state index is 0.498. The van der Waals surface area contributed by atoms with E-state index >= 15 is 0 Å². The van der Waals surface area contributed by atoms with E-state index in [0.717, 1.165) is 18.3 Å². The highest BCUT2D eigenvalue weighted by Crippen LogP contribution is 2.13. The maximum absolute atomic E-state index is 5.67. The van der Waals surface area contributed by atoms with Crippen molar-refractivity contribution in [3.63, 3.8) is 0 Å². The molecule has 0 aromatic heterocycles. The number of piperidine rings is 1. The van der Waals surface area contributed by atoms with Crippen molar-refractivity contribution in [2.75, 3.05) is 47.0 Å². The van der Waals surface area contributed by atoms with Crippen LogP contribution in [0.15, 0.2) is 29.3 Å². The molecule has 26 heavy (non-hydrogen) atoms. The number of likely N-dealkylation sites (tertiary alicyclic amines) is 1. The van der Waals surface area contributed by atoms with Crippen LogP contribution in [0.3, 0.4) is 0 Å². The van der Waals surface area contributed by atoms with Gasteiger partial charge < -0.3 is 25.0 Å². The largest absolute Gasteiger partial charge is 0.491 e. The van der Waals surface area contributed by atoms with Crippen LogP contribution in [0.5, 0.6) is 5.75 Å². The Balaban J connectivity index is 1.76. The van der Waals surface area contributed by atoms with E-state index in [1.807, 2.05) is 19.2 Å². The second-order valence-corrected chi connectivity index (χ2v) is 6.67. The summed E-state index contributed by atoms with van der Waals surface area (Å²) in [6.45, 7) is 7.67. The first-order valence-electron chi connectivity index (χ1n) is 9.65. The van der Waals surface area contributed by atoms with Crippen molar-refractivity contribution in [2.45, 2.75) is 38.8 Å². The molecule has 0 saturated carbocycles. The molecule has 6 heteroatoms. The first kappa shape index (κ1) is 20.5. The first-order chi connectivity index (χ1) is 12.7. The molecule has 0 atom stereocenters. The molecule has 1 saturated heterocycles. The molecule has 146 valence electrons. The molecule has 2 N–H and O–H groups in total. The summed E-state index contributed by atoms with van der Waals surface area (Å²) in [4.78, 5) is 6.91. The molecule has 1 heterocycles. The van der Waals surface area contributed by atoms with Gasteiger partial charge in [0, 0.05) is 39.8 Å². The van der Waals surface area contributed by atoms with E-state index in [0.29, 0.717) is 19.3 Å². The minimum absolute atomic E-state index is 0.498. The third kappa shape index (κ3) is 7.22. The lowest BCUT2D eigenvalue weighted by Gasteiger charge is -2.32. The highest BCUT2D eigenvalue weighted by molar-refractivity contribution is 5.79. The predicted octanol–water partition coefficient (Wildman–Crippen LogP) is 2.25. The molecule has 0 amide bonds. The molecule has 2 rings (SSSR count). The Morgan fingerprint density at radius 1 is 1.27 bits per heavy atom. The minimum Gasteiger partial charge on any atom is -0.491 e. The van der Waals surface area contributed by atoms with Crippen LogP contribution >= 0.6 is 0 Å². The van der Waals surface area contributed by atoms with Crippen molar-refractivity contribution in [2.24, 2.45) is 4.99 Å². The molecule has 0 radical (unpaired) electrons. The van der Waals surface area contributed by atoms with Gasteiger partial charge in [-0.15, -0.1) is 0 Å². The zero-order valence-electron chi connectivity index (χ0n) is 16.5. The number of hydrogen-bond acceptors (Lipinski definition) is 4. The van der Waals surface area contributed by atoms with Gasteiger partial charge >= 0.3 is 0 Å². The number of aliphatic imine (C=N–C) groups is 1. The average Bonchev–Trinajstić information content (AvgIpc) is 2.67. The number of ether oxygens (including phenoxy) is 2. The van der Waals surface area contributed by atoms with Gasteiger partial charge in [-0.2, -0.15) is 0 Å². The van der Waals surface area contributed by atoms with Crippen LogP contribution in [0.25, 0.3) is 0 Å². The molecule has 0 aliphatic carbocycles. The number of hydrogen-bond donors (Lipinski definition) is 2. The molecule has 1 fully saturated rings. The normalized spacial score (nSPS) is 16.5. The Bertz CT molecular complexity index is 542. The number of methoxy groups -OCH3 is 1. The fraction of sp³-hybridized carbons (Fsp3) is 0.650.